The highest BCUT2D eigenvalue weighted by molar-refractivity contribution is 5.28. The number of hydrogen-bond donors (Lipinski definition) is 0. The molecule has 0 aromatic heterocycles. The Hall–Kier alpha value is -1.37. The molecule has 2 rings (SSSR count). The molecule has 0 heterocycles. The van der Waals surface area contributed by atoms with Crippen LogP contribution in [0.15, 0.2) is 24.3 Å². The minimum atomic E-state index is -4.48. The zero-order valence-corrected chi connectivity index (χ0v) is 15.7. The fourth-order valence-electron chi connectivity index (χ4n) is 3.68. The summed E-state index contributed by atoms with van der Waals surface area (Å²) < 4.78 is 76.5. The van der Waals surface area contributed by atoms with E-state index in [2.05, 4.69) is 11.7 Å². The van der Waals surface area contributed by atoms with Crippen LogP contribution in [0, 0.1) is 11.8 Å². The van der Waals surface area contributed by atoms with Gasteiger partial charge in [0.2, 0.25) is 0 Å². The van der Waals surface area contributed by atoms with E-state index in [-0.39, 0.29) is 12.2 Å². The SMILES string of the molecule is CCCC1CCC(C(F)(F)Oc2ccc(CC(OC)C(F)(F)F)cc2)CC1. The Kier molecular flexibility index (Phi) is 7.48. The zero-order chi connectivity index (χ0) is 20.1. The summed E-state index contributed by atoms with van der Waals surface area (Å²) in [4.78, 5) is 0. The lowest BCUT2D eigenvalue weighted by molar-refractivity contribution is -0.223. The molecule has 27 heavy (non-hydrogen) atoms. The molecule has 2 nitrogen and oxygen atoms in total. The highest BCUT2D eigenvalue weighted by Crippen LogP contribution is 2.41. The van der Waals surface area contributed by atoms with Crippen LogP contribution in [0.25, 0.3) is 0 Å². The molecule has 1 fully saturated rings. The lowest BCUT2D eigenvalue weighted by atomic mass is 9.79. The van der Waals surface area contributed by atoms with E-state index in [0.717, 1.165) is 32.8 Å². The van der Waals surface area contributed by atoms with Crippen molar-refractivity contribution < 1.29 is 31.4 Å². The molecule has 0 radical (unpaired) electrons. The molecule has 1 unspecified atom stereocenters. The lowest BCUT2D eigenvalue weighted by Crippen LogP contribution is -2.37. The van der Waals surface area contributed by atoms with Crippen LogP contribution < -0.4 is 4.74 Å². The Morgan fingerprint density at radius 2 is 1.59 bits per heavy atom. The van der Waals surface area contributed by atoms with Crippen LogP contribution in [0.4, 0.5) is 22.0 Å². The minimum Gasteiger partial charge on any atom is -0.432 e. The molecule has 1 aromatic rings. The molecular weight excluding hydrogens is 367 g/mol. The summed E-state index contributed by atoms with van der Waals surface area (Å²) >= 11 is 0. The molecule has 1 aromatic carbocycles. The molecule has 7 heteroatoms. The fourth-order valence-corrected chi connectivity index (χ4v) is 3.68. The summed E-state index contributed by atoms with van der Waals surface area (Å²) in [6, 6.07) is 5.30. The second-order valence-corrected chi connectivity index (χ2v) is 7.28. The number of ether oxygens (including phenoxy) is 2. The van der Waals surface area contributed by atoms with Crippen molar-refractivity contribution in [2.24, 2.45) is 11.8 Å². The molecule has 1 aliphatic rings. The average Bonchev–Trinajstić information content (AvgIpc) is 2.60. The molecule has 0 spiro atoms. The molecule has 1 aliphatic carbocycles. The topological polar surface area (TPSA) is 18.5 Å². The number of rotatable bonds is 8. The van der Waals surface area contributed by atoms with Crippen molar-refractivity contribution in [1.29, 1.82) is 0 Å². The van der Waals surface area contributed by atoms with E-state index in [4.69, 9.17) is 4.74 Å². The third-order valence-electron chi connectivity index (χ3n) is 5.27. The Balaban J connectivity index is 1.93. The molecule has 0 saturated heterocycles. The van der Waals surface area contributed by atoms with Gasteiger partial charge in [-0.1, -0.05) is 31.9 Å². The van der Waals surface area contributed by atoms with Crippen molar-refractivity contribution in [2.45, 2.75) is 70.3 Å². The van der Waals surface area contributed by atoms with Crippen molar-refractivity contribution >= 4 is 0 Å². The van der Waals surface area contributed by atoms with Gasteiger partial charge in [-0.15, -0.1) is 0 Å². The number of methoxy groups -OCH3 is 1. The smallest absolute Gasteiger partial charge is 0.414 e. The monoisotopic (exact) mass is 394 g/mol. The van der Waals surface area contributed by atoms with Gasteiger partial charge in [0.05, 0.1) is 5.92 Å². The number of benzene rings is 1. The Labute approximate surface area is 157 Å². The van der Waals surface area contributed by atoms with Crippen LogP contribution >= 0.6 is 0 Å². The molecule has 0 aliphatic heterocycles. The summed E-state index contributed by atoms with van der Waals surface area (Å²) in [6.45, 7) is 2.09. The van der Waals surface area contributed by atoms with Crippen LogP contribution in [-0.4, -0.2) is 25.5 Å². The number of alkyl halides is 5. The second-order valence-electron chi connectivity index (χ2n) is 7.28. The molecule has 1 saturated carbocycles. The van der Waals surface area contributed by atoms with Crippen LogP contribution in [0.2, 0.25) is 0 Å². The maximum Gasteiger partial charge on any atom is 0.414 e. The zero-order valence-electron chi connectivity index (χ0n) is 15.7. The van der Waals surface area contributed by atoms with Gasteiger partial charge in [0.15, 0.2) is 6.10 Å². The van der Waals surface area contributed by atoms with E-state index in [9.17, 15) is 22.0 Å². The van der Waals surface area contributed by atoms with Gasteiger partial charge in [-0.3, -0.25) is 0 Å². The van der Waals surface area contributed by atoms with Crippen molar-refractivity contribution in [1.82, 2.24) is 0 Å². The molecule has 0 bridgehead atoms. The van der Waals surface area contributed by atoms with Gasteiger partial charge in [-0.2, -0.15) is 22.0 Å². The van der Waals surface area contributed by atoms with Crippen LogP contribution in [0.5, 0.6) is 5.75 Å². The van der Waals surface area contributed by atoms with Crippen molar-refractivity contribution in [3.63, 3.8) is 0 Å². The fraction of sp³-hybridized carbons (Fsp3) is 0.700. The first kappa shape index (κ1) is 21.9. The highest BCUT2D eigenvalue weighted by atomic mass is 19.4. The van der Waals surface area contributed by atoms with E-state index < -0.39 is 24.3 Å². The second kappa shape index (κ2) is 9.22. The van der Waals surface area contributed by atoms with Gasteiger partial charge in [0, 0.05) is 13.5 Å². The Morgan fingerprint density at radius 1 is 1.00 bits per heavy atom. The quantitative estimate of drug-likeness (QED) is 0.476. The van der Waals surface area contributed by atoms with E-state index in [0.29, 0.717) is 24.3 Å². The summed E-state index contributed by atoms with van der Waals surface area (Å²) in [7, 11) is 0.991. The maximum absolute atomic E-state index is 14.4. The summed E-state index contributed by atoms with van der Waals surface area (Å²) in [5, 5.41) is 0. The number of halogens is 5. The van der Waals surface area contributed by atoms with Gasteiger partial charge < -0.3 is 9.47 Å². The van der Waals surface area contributed by atoms with Gasteiger partial charge in [-0.05, 0) is 49.3 Å². The van der Waals surface area contributed by atoms with Crippen molar-refractivity contribution in [3.8, 4) is 5.75 Å². The van der Waals surface area contributed by atoms with E-state index >= 15 is 0 Å². The molecular formula is C20H27F5O2. The summed E-state index contributed by atoms with van der Waals surface area (Å²) in [6.07, 6.45) is -5.50. The minimum absolute atomic E-state index is 0.0413. The number of hydrogen-bond acceptors (Lipinski definition) is 2. The first-order valence-corrected chi connectivity index (χ1v) is 9.41. The summed E-state index contributed by atoms with van der Waals surface area (Å²) in [5.41, 5.74) is 0.343. The predicted octanol–water partition coefficient (Wildman–Crippen LogP) is 6.38. The van der Waals surface area contributed by atoms with Crippen LogP contribution in [-0.2, 0) is 11.2 Å². The van der Waals surface area contributed by atoms with Crippen LogP contribution in [0.3, 0.4) is 0 Å². The van der Waals surface area contributed by atoms with Crippen molar-refractivity contribution in [3.05, 3.63) is 29.8 Å². The average molecular weight is 394 g/mol. The summed E-state index contributed by atoms with van der Waals surface area (Å²) in [5.74, 6) is -0.350. The normalized spacial score (nSPS) is 22.5. The largest absolute Gasteiger partial charge is 0.432 e. The Morgan fingerprint density at radius 3 is 2.07 bits per heavy atom. The maximum atomic E-state index is 14.4. The standard InChI is InChI=1S/C20H27F5O2/c1-3-4-14-5-9-16(10-6-14)20(24,25)27-17-11-7-15(8-12-17)13-18(26-2)19(21,22)23/h7-8,11-12,14,16,18H,3-6,9-10,13H2,1-2H3. The van der Waals surface area contributed by atoms with E-state index in [1.54, 1.807) is 0 Å². The molecule has 0 N–H and O–H groups in total. The van der Waals surface area contributed by atoms with Gasteiger partial charge in [0.1, 0.15) is 5.75 Å². The van der Waals surface area contributed by atoms with Crippen molar-refractivity contribution in [2.75, 3.05) is 7.11 Å². The third kappa shape index (κ3) is 6.33. The van der Waals surface area contributed by atoms with E-state index in [1.165, 1.54) is 24.3 Å². The van der Waals surface area contributed by atoms with E-state index in [1.807, 2.05) is 0 Å². The lowest BCUT2D eigenvalue weighted by Gasteiger charge is -2.33. The molecule has 1 atom stereocenters. The van der Waals surface area contributed by atoms with Gasteiger partial charge in [0.25, 0.3) is 0 Å². The molecule has 154 valence electrons. The van der Waals surface area contributed by atoms with Gasteiger partial charge >= 0.3 is 12.3 Å². The predicted molar refractivity (Wildman–Crippen MR) is 92.9 cm³/mol. The molecule has 0 amide bonds. The van der Waals surface area contributed by atoms with Gasteiger partial charge in [-0.25, -0.2) is 0 Å². The first-order valence-electron chi connectivity index (χ1n) is 9.41. The van der Waals surface area contributed by atoms with Crippen LogP contribution in [0.1, 0.15) is 51.0 Å². The Bertz CT molecular complexity index is 563. The highest BCUT2D eigenvalue weighted by Gasteiger charge is 2.44. The first-order chi connectivity index (χ1) is 12.7. The third-order valence-corrected chi connectivity index (χ3v) is 5.27.